The summed E-state index contributed by atoms with van der Waals surface area (Å²) in [6.07, 6.45) is 1.14. The van der Waals surface area contributed by atoms with Gasteiger partial charge in [0.25, 0.3) is 0 Å². The van der Waals surface area contributed by atoms with Gasteiger partial charge in [-0.3, -0.25) is 9.59 Å². The van der Waals surface area contributed by atoms with E-state index in [0.717, 1.165) is 0 Å². The van der Waals surface area contributed by atoms with E-state index in [2.05, 4.69) is 5.32 Å². The highest BCUT2D eigenvalue weighted by Gasteiger charge is 2.04. The molecule has 0 aliphatic carbocycles. The van der Waals surface area contributed by atoms with E-state index in [9.17, 15) is 9.59 Å². The van der Waals surface area contributed by atoms with Gasteiger partial charge in [0.2, 0.25) is 5.91 Å². The molecule has 6 heteroatoms. The molecule has 1 amide bonds. The predicted molar refractivity (Wildman–Crippen MR) is 79.8 cm³/mol. The van der Waals surface area contributed by atoms with Crippen LogP contribution in [-0.2, 0) is 14.3 Å². The van der Waals surface area contributed by atoms with Crippen LogP contribution in [0.1, 0.15) is 26.2 Å². The Morgan fingerprint density at radius 3 is 2.81 bits per heavy atom. The number of nitrogens with one attached hydrogen (secondary N) is 1. The number of rotatable bonds is 9. The second-order valence-corrected chi connectivity index (χ2v) is 4.43. The standard InChI is InChI=1S/C15H22N2O4/c1-2-20-15(19)7-4-9-17-14(18)8-10-21-13-6-3-5-12(16)11-13/h3,5-6,11H,2,4,7-10,16H2,1H3,(H,17,18). The number of nitrogen functional groups attached to an aromatic ring is 1. The normalized spacial score (nSPS) is 9.95. The van der Waals surface area contributed by atoms with E-state index >= 15 is 0 Å². The summed E-state index contributed by atoms with van der Waals surface area (Å²) < 4.78 is 10.2. The van der Waals surface area contributed by atoms with Gasteiger partial charge in [0, 0.05) is 24.7 Å². The minimum absolute atomic E-state index is 0.109. The molecule has 0 spiro atoms. The van der Waals surface area contributed by atoms with Crippen molar-refractivity contribution in [1.82, 2.24) is 5.32 Å². The van der Waals surface area contributed by atoms with E-state index in [1.54, 1.807) is 31.2 Å². The second-order valence-electron chi connectivity index (χ2n) is 4.43. The van der Waals surface area contributed by atoms with Crippen LogP contribution in [0.5, 0.6) is 5.75 Å². The Balaban J connectivity index is 2.07. The molecule has 0 aromatic heterocycles. The van der Waals surface area contributed by atoms with Crippen molar-refractivity contribution < 1.29 is 19.1 Å². The lowest BCUT2D eigenvalue weighted by atomic mass is 10.3. The van der Waals surface area contributed by atoms with Crippen LogP contribution < -0.4 is 15.8 Å². The summed E-state index contributed by atoms with van der Waals surface area (Å²) in [5.74, 6) is 0.296. The Bertz CT molecular complexity index is 463. The minimum atomic E-state index is -0.239. The molecule has 0 saturated heterocycles. The maximum absolute atomic E-state index is 11.5. The van der Waals surface area contributed by atoms with Crippen molar-refractivity contribution in [2.75, 3.05) is 25.5 Å². The van der Waals surface area contributed by atoms with Crippen LogP contribution in [0.4, 0.5) is 5.69 Å². The van der Waals surface area contributed by atoms with E-state index in [1.807, 2.05) is 0 Å². The fourth-order valence-corrected chi connectivity index (χ4v) is 1.65. The third-order valence-corrected chi connectivity index (χ3v) is 2.64. The van der Waals surface area contributed by atoms with Gasteiger partial charge in [0.05, 0.1) is 19.6 Å². The molecule has 1 rings (SSSR count). The quantitative estimate of drug-likeness (QED) is 0.409. The van der Waals surface area contributed by atoms with Crippen molar-refractivity contribution in [3.63, 3.8) is 0 Å². The van der Waals surface area contributed by atoms with Gasteiger partial charge in [-0.25, -0.2) is 0 Å². The fraction of sp³-hybridized carbons (Fsp3) is 0.467. The molecule has 0 atom stereocenters. The lowest BCUT2D eigenvalue weighted by Crippen LogP contribution is -2.26. The Labute approximate surface area is 124 Å². The van der Waals surface area contributed by atoms with Gasteiger partial charge in [-0.05, 0) is 25.5 Å². The first-order valence-electron chi connectivity index (χ1n) is 7.02. The molecule has 116 valence electrons. The highest BCUT2D eigenvalue weighted by molar-refractivity contribution is 5.76. The topological polar surface area (TPSA) is 90.6 Å². The highest BCUT2D eigenvalue weighted by Crippen LogP contribution is 2.14. The number of carbonyl (C=O) groups is 2. The van der Waals surface area contributed by atoms with Gasteiger partial charge >= 0.3 is 5.97 Å². The maximum atomic E-state index is 11.5. The molecule has 21 heavy (non-hydrogen) atoms. The van der Waals surface area contributed by atoms with E-state index in [0.29, 0.717) is 37.4 Å². The second kappa shape index (κ2) is 9.63. The molecule has 0 aliphatic rings. The molecule has 0 unspecified atom stereocenters. The molecule has 6 nitrogen and oxygen atoms in total. The molecular weight excluding hydrogens is 272 g/mol. The van der Waals surface area contributed by atoms with E-state index in [1.165, 1.54) is 0 Å². The molecule has 1 aromatic carbocycles. The highest BCUT2D eigenvalue weighted by atomic mass is 16.5. The average molecular weight is 294 g/mol. The molecular formula is C15H22N2O4. The van der Waals surface area contributed by atoms with Crippen LogP contribution in [0.25, 0.3) is 0 Å². The van der Waals surface area contributed by atoms with Crippen LogP contribution >= 0.6 is 0 Å². The Kier molecular flexibility index (Phi) is 7.71. The minimum Gasteiger partial charge on any atom is -0.493 e. The van der Waals surface area contributed by atoms with Crippen LogP contribution in [0.2, 0.25) is 0 Å². The van der Waals surface area contributed by atoms with Gasteiger partial charge in [0.15, 0.2) is 0 Å². The first-order chi connectivity index (χ1) is 10.1. The zero-order chi connectivity index (χ0) is 15.5. The number of carbonyl (C=O) groups excluding carboxylic acids is 2. The first-order valence-corrected chi connectivity index (χ1v) is 7.02. The molecule has 0 aliphatic heterocycles. The summed E-state index contributed by atoms with van der Waals surface area (Å²) in [6, 6.07) is 7.05. The van der Waals surface area contributed by atoms with Gasteiger partial charge in [-0.2, -0.15) is 0 Å². The summed E-state index contributed by atoms with van der Waals surface area (Å²) in [4.78, 5) is 22.6. The smallest absolute Gasteiger partial charge is 0.305 e. The summed E-state index contributed by atoms with van der Waals surface area (Å²) in [6.45, 7) is 2.88. The fourth-order valence-electron chi connectivity index (χ4n) is 1.65. The largest absolute Gasteiger partial charge is 0.493 e. The average Bonchev–Trinajstić information content (AvgIpc) is 2.44. The van der Waals surface area contributed by atoms with Crippen molar-refractivity contribution in [3.05, 3.63) is 24.3 Å². The van der Waals surface area contributed by atoms with E-state index in [4.69, 9.17) is 15.2 Å². The van der Waals surface area contributed by atoms with Crippen molar-refractivity contribution in [2.24, 2.45) is 0 Å². The van der Waals surface area contributed by atoms with Crippen LogP contribution in [0.15, 0.2) is 24.3 Å². The number of ether oxygens (including phenoxy) is 2. The lowest BCUT2D eigenvalue weighted by Gasteiger charge is -2.07. The zero-order valence-electron chi connectivity index (χ0n) is 12.3. The Morgan fingerprint density at radius 1 is 1.29 bits per heavy atom. The number of hydrogen-bond acceptors (Lipinski definition) is 5. The number of amides is 1. The summed E-state index contributed by atoms with van der Waals surface area (Å²) in [5, 5.41) is 2.73. The maximum Gasteiger partial charge on any atom is 0.305 e. The third kappa shape index (κ3) is 7.81. The zero-order valence-corrected chi connectivity index (χ0v) is 12.3. The number of hydrogen-bond donors (Lipinski definition) is 2. The van der Waals surface area contributed by atoms with Crippen molar-refractivity contribution in [1.29, 1.82) is 0 Å². The Hall–Kier alpha value is -2.24. The van der Waals surface area contributed by atoms with Gasteiger partial charge in [-0.15, -0.1) is 0 Å². The summed E-state index contributed by atoms with van der Waals surface area (Å²) in [7, 11) is 0. The van der Waals surface area contributed by atoms with Crippen LogP contribution in [-0.4, -0.2) is 31.6 Å². The molecule has 0 bridgehead atoms. The van der Waals surface area contributed by atoms with E-state index in [-0.39, 0.29) is 24.9 Å². The number of nitrogens with two attached hydrogens (primary N) is 1. The summed E-state index contributed by atoms with van der Waals surface area (Å²) >= 11 is 0. The van der Waals surface area contributed by atoms with Crippen molar-refractivity contribution >= 4 is 17.6 Å². The molecule has 3 N–H and O–H groups in total. The van der Waals surface area contributed by atoms with E-state index < -0.39 is 0 Å². The molecule has 0 heterocycles. The third-order valence-electron chi connectivity index (χ3n) is 2.64. The van der Waals surface area contributed by atoms with Crippen LogP contribution in [0.3, 0.4) is 0 Å². The molecule has 0 saturated carbocycles. The summed E-state index contributed by atoms with van der Waals surface area (Å²) in [5.41, 5.74) is 6.24. The predicted octanol–water partition coefficient (Wildman–Crippen LogP) is 1.50. The molecule has 0 fully saturated rings. The van der Waals surface area contributed by atoms with Gasteiger partial charge in [-0.1, -0.05) is 6.07 Å². The molecule has 1 aromatic rings. The van der Waals surface area contributed by atoms with Gasteiger partial charge in [0.1, 0.15) is 5.75 Å². The first kappa shape index (κ1) is 16.8. The Morgan fingerprint density at radius 2 is 2.10 bits per heavy atom. The number of anilines is 1. The van der Waals surface area contributed by atoms with Crippen molar-refractivity contribution in [2.45, 2.75) is 26.2 Å². The lowest BCUT2D eigenvalue weighted by molar-refractivity contribution is -0.143. The SMILES string of the molecule is CCOC(=O)CCCNC(=O)CCOc1cccc(N)c1. The van der Waals surface area contributed by atoms with Crippen LogP contribution in [0, 0.1) is 0 Å². The number of benzene rings is 1. The van der Waals surface area contributed by atoms with Crippen molar-refractivity contribution in [3.8, 4) is 5.75 Å². The van der Waals surface area contributed by atoms with Gasteiger partial charge < -0.3 is 20.5 Å². The monoisotopic (exact) mass is 294 g/mol. The molecule has 0 radical (unpaired) electrons. The number of esters is 1.